The lowest BCUT2D eigenvalue weighted by Gasteiger charge is -2.49. The number of halogens is 2. The Hall–Kier alpha value is -3.38. The zero-order valence-electron chi connectivity index (χ0n) is 21.8. The lowest BCUT2D eigenvalue weighted by molar-refractivity contribution is 0.225. The Morgan fingerprint density at radius 2 is 1.89 bits per heavy atom. The Labute approximate surface area is 233 Å². The maximum atomic E-state index is 9.85. The summed E-state index contributed by atoms with van der Waals surface area (Å²) in [7, 11) is 0. The topological polar surface area (TPSA) is 124 Å². The van der Waals surface area contributed by atoms with Gasteiger partial charge in [-0.1, -0.05) is 44.0 Å². The molecule has 0 aliphatic carbocycles. The van der Waals surface area contributed by atoms with Gasteiger partial charge in [-0.25, -0.2) is 4.98 Å². The number of nitriles is 1. The van der Waals surface area contributed by atoms with E-state index in [4.69, 9.17) is 39.1 Å². The average Bonchev–Trinajstić information content (AvgIpc) is 2.86. The fourth-order valence-corrected chi connectivity index (χ4v) is 5.24. The highest BCUT2D eigenvalue weighted by molar-refractivity contribution is 6.35. The van der Waals surface area contributed by atoms with Crippen LogP contribution in [-0.2, 0) is 0 Å². The number of hydrogen-bond donors (Lipinski definition) is 3. The third-order valence-corrected chi connectivity index (χ3v) is 7.16. The van der Waals surface area contributed by atoms with Gasteiger partial charge in [-0.05, 0) is 31.2 Å². The van der Waals surface area contributed by atoms with Crippen LogP contribution < -0.4 is 20.7 Å². The van der Waals surface area contributed by atoms with Gasteiger partial charge < -0.3 is 20.7 Å². The van der Waals surface area contributed by atoms with Crippen LogP contribution >= 0.6 is 23.2 Å². The Balaban J connectivity index is 1.53. The van der Waals surface area contributed by atoms with Gasteiger partial charge in [0.05, 0.1) is 21.3 Å². The van der Waals surface area contributed by atoms with Gasteiger partial charge in [-0.2, -0.15) is 5.26 Å². The highest BCUT2D eigenvalue weighted by atomic mass is 35.5. The van der Waals surface area contributed by atoms with E-state index in [0.717, 1.165) is 19.6 Å². The Morgan fingerprint density at radius 1 is 1.21 bits per heavy atom. The van der Waals surface area contributed by atoms with E-state index in [1.165, 1.54) is 12.4 Å². The molecule has 4 N–H and O–H groups in total. The van der Waals surface area contributed by atoms with Crippen LogP contribution in [0.15, 0.2) is 42.9 Å². The monoisotopic (exact) mass is 551 g/mol. The lowest BCUT2D eigenvalue weighted by Crippen LogP contribution is -2.60. The second kappa shape index (κ2) is 11.2. The summed E-state index contributed by atoms with van der Waals surface area (Å²) in [6, 6.07) is 9.46. The number of nitrogens with one attached hydrogen (secondary N) is 2. The quantitative estimate of drug-likeness (QED) is 0.233. The van der Waals surface area contributed by atoms with E-state index < -0.39 is 6.10 Å². The lowest BCUT2D eigenvalue weighted by atomic mass is 9.81. The molecule has 38 heavy (non-hydrogen) atoms. The minimum atomic E-state index is -0.465. The molecule has 2 aromatic heterocycles. The van der Waals surface area contributed by atoms with Crippen LogP contribution in [0.2, 0.25) is 10.0 Å². The maximum Gasteiger partial charge on any atom is 0.146 e. The maximum absolute atomic E-state index is 9.85. The molecule has 0 amide bonds. The zero-order valence-corrected chi connectivity index (χ0v) is 23.4. The van der Waals surface area contributed by atoms with Crippen LogP contribution in [0.25, 0.3) is 0 Å². The molecule has 0 bridgehead atoms. The molecular formula is C28H31Cl2N7O. The van der Waals surface area contributed by atoms with Gasteiger partial charge in [0.2, 0.25) is 0 Å². The molecule has 10 heteroatoms. The molecule has 0 saturated carbocycles. The molecule has 1 aromatic carbocycles. The molecule has 1 aliphatic rings. The van der Waals surface area contributed by atoms with E-state index in [9.17, 15) is 5.26 Å². The molecule has 0 spiro atoms. The molecule has 1 atom stereocenters. The largest absolute Gasteiger partial charge is 0.486 e. The van der Waals surface area contributed by atoms with Gasteiger partial charge >= 0.3 is 0 Å². The minimum Gasteiger partial charge on any atom is -0.486 e. The van der Waals surface area contributed by atoms with Crippen molar-refractivity contribution in [3.05, 3.63) is 75.2 Å². The number of benzene rings is 1. The first kappa shape index (κ1) is 27.6. The first-order chi connectivity index (χ1) is 18.0. The summed E-state index contributed by atoms with van der Waals surface area (Å²) in [5.74, 6) is 1.13. The van der Waals surface area contributed by atoms with Crippen LogP contribution in [0.5, 0.6) is 5.75 Å². The van der Waals surface area contributed by atoms with Crippen molar-refractivity contribution in [1.82, 2.24) is 15.3 Å². The fraction of sp³-hybridized carbons (Fsp3) is 0.357. The van der Waals surface area contributed by atoms with Crippen LogP contribution in [0.4, 0.5) is 11.5 Å². The molecule has 0 radical (unpaired) electrons. The molecule has 4 rings (SSSR count). The third-order valence-electron chi connectivity index (χ3n) is 6.56. The van der Waals surface area contributed by atoms with Crippen LogP contribution in [0.1, 0.15) is 56.1 Å². The molecule has 198 valence electrons. The number of nitrogen functional groups attached to an aromatic ring is 1. The van der Waals surface area contributed by atoms with Crippen molar-refractivity contribution in [2.24, 2.45) is 5.41 Å². The number of hydrogen-bond acceptors (Lipinski definition) is 8. The van der Waals surface area contributed by atoms with Crippen molar-refractivity contribution in [1.29, 1.82) is 10.7 Å². The van der Waals surface area contributed by atoms with Crippen LogP contribution in [0, 0.1) is 22.2 Å². The first-order valence-electron chi connectivity index (χ1n) is 12.3. The first-order valence-corrected chi connectivity index (χ1v) is 13.1. The number of nitrogens with zero attached hydrogens (tertiary/aromatic N) is 4. The number of pyridine rings is 2. The molecule has 1 saturated heterocycles. The summed E-state index contributed by atoms with van der Waals surface area (Å²) in [5.41, 5.74) is 8.92. The van der Waals surface area contributed by atoms with Gasteiger partial charge in [0.15, 0.2) is 0 Å². The van der Waals surface area contributed by atoms with E-state index in [0.29, 0.717) is 55.6 Å². The van der Waals surface area contributed by atoms with E-state index in [-0.39, 0.29) is 11.1 Å². The van der Waals surface area contributed by atoms with Crippen molar-refractivity contribution in [3.8, 4) is 11.8 Å². The highest BCUT2D eigenvalue weighted by Gasteiger charge is 2.40. The number of anilines is 2. The number of nitrogens with two attached hydrogens (primary N) is 1. The molecule has 1 fully saturated rings. The molecule has 3 aromatic rings. The fourth-order valence-electron chi connectivity index (χ4n) is 4.57. The zero-order chi connectivity index (χ0) is 27.6. The summed E-state index contributed by atoms with van der Waals surface area (Å²) < 4.78 is 6.09. The Bertz CT molecular complexity index is 1380. The van der Waals surface area contributed by atoms with Crippen LogP contribution in [-0.4, -0.2) is 41.4 Å². The number of rotatable bonds is 9. The Morgan fingerprint density at radius 3 is 2.53 bits per heavy atom. The summed E-state index contributed by atoms with van der Waals surface area (Å²) in [6.07, 6.45) is 4.18. The predicted molar refractivity (Wildman–Crippen MR) is 152 cm³/mol. The second-order valence-electron chi connectivity index (χ2n) is 10.3. The molecule has 1 aliphatic heterocycles. The molecule has 8 nitrogen and oxygen atoms in total. The van der Waals surface area contributed by atoms with Crippen molar-refractivity contribution in [2.75, 3.05) is 30.3 Å². The molecule has 0 unspecified atom stereocenters. The van der Waals surface area contributed by atoms with Crippen molar-refractivity contribution in [2.45, 2.75) is 39.8 Å². The van der Waals surface area contributed by atoms with E-state index in [2.05, 4.69) is 47.0 Å². The smallest absolute Gasteiger partial charge is 0.146 e. The summed E-state index contributed by atoms with van der Waals surface area (Å²) in [4.78, 5) is 10.7. The van der Waals surface area contributed by atoms with Gasteiger partial charge in [-0.15, -0.1) is 0 Å². The van der Waals surface area contributed by atoms with Crippen molar-refractivity contribution < 1.29 is 4.74 Å². The highest BCUT2D eigenvalue weighted by Crippen LogP contribution is 2.36. The molecule has 3 heterocycles. The predicted octanol–water partition coefficient (Wildman–Crippen LogP) is 5.62. The van der Waals surface area contributed by atoms with Gasteiger partial charge in [0, 0.05) is 72.1 Å². The van der Waals surface area contributed by atoms with Crippen molar-refractivity contribution >= 4 is 40.4 Å². The van der Waals surface area contributed by atoms with Gasteiger partial charge in [0.1, 0.15) is 23.7 Å². The summed E-state index contributed by atoms with van der Waals surface area (Å²) in [6.45, 7) is 10.8. The SMILES string of the molecule is CC(C)NCC1(C)CN(c2ncc(C(=N)c3cc(O[C@H](C)c4c(Cl)cncc4Cl)ccc3N)cc2C#N)C1. The summed E-state index contributed by atoms with van der Waals surface area (Å²) in [5, 5.41) is 23.0. The normalized spacial score (nSPS) is 15.1. The van der Waals surface area contributed by atoms with Crippen molar-refractivity contribution in [3.63, 3.8) is 0 Å². The van der Waals surface area contributed by atoms with Crippen LogP contribution in [0.3, 0.4) is 0 Å². The molecular weight excluding hydrogens is 521 g/mol. The number of ether oxygens (including phenoxy) is 1. The Kier molecular flexibility index (Phi) is 8.12. The third kappa shape index (κ3) is 5.86. The second-order valence-corrected chi connectivity index (χ2v) is 11.1. The average molecular weight is 553 g/mol. The minimum absolute atomic E-state index is 0.126. The van der Waals surface area contributed by atoms with Gasteiger partial charge in [-0.3, -0.25) is 10.4 Å². The summed E-state index contributed by atoms with van der Waals surface area (Å²) >= 11 is 12.6. The van der Waals surface area contributed by atoms with E-state index in [1.807, 2.05) is 6.92 Å². The van der Waals surface area contributed by atoms with E-state index in [1.54, 1.807) is 30.5 Å². The van der Waals surface area contributed by atoms with Gasteiger partial charge in [0.25, 0.3) is 0 Å². The standard InChI is InChI=1S/C28H31Cl2N7O/c1-16(2)36-13-28(4)14-37(15-28)27-18(9-31)7-19(10-35-27)26(33)21-8-20(5-6-24(21)32)38-17(3)25-22(29)11-34-12-23(25)30/h5-8,10-12,16-17,33,36H,13-15,32H2,1-4H3/t17-/m1/s1. The van der Waals surface area contributed by atoms with E-state index >= 15 is 0 Å². The number of aromatic nitrogens is 2.